The minimum atomic E-state index is -2.97. The summed E-state index contributed by atoms with van der Waals surface area (Å²) in [6, 6.07) is 0.171. The quantitative estimate of drug-likeness (QED) is 0.783. The normalized spacial score (nSPS) is 30.2. The highest BCUT2D eigenvalue weighted by molar-refractivity contribution is 7.92. The Kier molecular flexibility index (Phi) is 6.81. The third-order valence-electron chi connectivity index (χ3n) is 4.39. The van der Waals surface area contributed by atoms with Gasteiger partial charge in [0.1, 0.15) is 0 Å². The molecule has 1 rings (SSSR count). The van der Waals surface area contributed by atoms with E-state index in [0.29, 0.717) is 11.7 Å². The van der Waals surface area contributed by atoms with Crippen molar-refractivity contribution in [2.75, 3.05) is 12.3 Å². The molecule has 114 valence electrons. The number of hydrogen-bond acceptors (Lipinski definition) is 3. The van der Waals surface area contributed by atoms with Crippen molar-refractivity contribution in [1.29, 1.82) is 0 Å². The molecule has 4 atom stereocenters. The molecule has 1 aliphatic rings. The smallest absolute Gasteiger partial charge is 0.154 e. The first kappa shape index (κ1) is 17.0. The minimum absolute atomic E-state index is 0.170. The highest BCUT2D eigenvalue weighted by Gasteiger charge is 2.37. The van der Waals surface area contributed by atoms with Crippen molar-refractivity contribution in [3.8, 4) is 0 Å². The summed E-state index contributed by atoms with van der Waals surface area (Å²) in [4.78, 5) is 0. The lowest BCUT2D eigenvalue weighted by atomic mass is 9.87. The number of nitrogens with one attached hydrogen (secondary N) is 1. The first-order chi connectivity index (χ1) is 8.90. The van der Waals surface area contributed by atoms with E-state index in [0.717, 1.165) is 38.6 Å². The van der Waals surface area contributed by atoms with Crippen LogP contribution in [-0.4, -0.2) is 32.0 Å². The van der Waals surface area contributed by atoms with Crippen molar-refractivity contribution >= 4 is 9.84 Å². The predicted octanol–water partition coefficient (Wildman–Crippen LogP) is 3.00. The fraction of sp³-hybridized carbons (Fsp3) is 1.00. The SMILES string of the molecule is CCCNC1CCC(C)CC1S(=O)(=O)CC(C)CC. The van der Waals surface area contributed by atoms with Crippen LogP contribution in [-0.2, 0) is 9.84 Å². The molecule has 0 aliphatic heterocycles. The summed E-state index contributed by atoms with van der Waals surface area (Å²) in [7, 11) is -2.97. The Balaban J connectivity index is 2.77. The van der Waals surface area contributed by atoms with Crippen LogP contribution in [0.5, 0.6) is 0 Å². The van der Waals surface area contributed by atoms with Crippen molar-refractivity contribution < 1.29 is 8.42 Å². The zero-order valence-corrected chi connectivity index (χ0v) is 13.8. The predicted molar refractivity (Wildman–Crippen MR) is 82.1 cm³/mol. The van der Waals surface area contributed by atoms with E-state index < -0.39 is 9.84 Å². The van der Waals surface area contributed by atoms with Crippen molar-refractivity contribution in [3.63, 3.8) is 0 Å². The highest BCUT2D eigenvalue weighted by atomic mass is 32.2. The molecule has 0 saturated heterocycles. The minimum Gasteiger partial charge on any atom is -0.313 e. The van der Waals surface area contributed by atoms with Gasteiger partial charge in [-0.15, -0.1) is 0 Å². The standard InChI is InChI=1S/C15H31NO2S/c1-5-9-16-14-8-7-13(4)10-15(14)19(17,18)11-12(3)6-2/h12-16H,5-11H2,1-4H3. The van der Waals surface area contributed by atoms with Crippen LogP contribution in [0.15, 0.2) is 0 Å². The van der Waals surface area contributed by atoms with Crippen LogP contribution < -0.4 is 5.32 Å². The average Bonchev–Trinajstić information content (AvgIpc) is 2.36. The molecule has 0 amide bonds. The van der Waals surface area contributed by atoms with Crippen LogP contribution >= 0.6 is 0 Å². The summed E-state index contributed by atoms with van der Waals surface area (Å²) in [5.74, 6) is 1.16. The van der Waals surface area contributed by atoms with Gasteiger partial charge in [-0.3, -0.25) is 0 Å². The zero-order valence-electron chi connectivity index (χ0n) is 13.0. The van der Waals surface area contributed by atoms with Crippen LogP contribution in [0.25, 0.3) is 0 Å². The summed E-state index contributed by atoms with van der Waals surface area (Å²) in [6.45, 7) is 9.34. The Morgan fingerprint density at radius 3 is 2.53 bits per heavy atom. The Morgan fingerprint density at radius 2 is 1.95 bits per heavy atom. The molecule has 0 aromatic rings. The van der Waals surface area contributed by atoms with E-state index in [1.165, 1.54) is 0 Å². The van der Waals surface area contributed by atoms with Gasteiger partial charge < -0.3 is 5.32 Å². The van der Waals surface area contributed by atoms with Gasteiger partial charge in [-0.1, -0.05) is 34.1 Å². The van der Waals surface area contributed by atoms with Crippen molar-refractivity contribution in [3.05, 3.63) is 0 Å². The van der Waals surface area contributed by atoms with Crippen LogP contribution in [0.3, 0.4) is 0 Å². The average molecular weight is 289 g/mol. The second-order valence-electron chi connectivity index (χ2n) is 6.36. The maximum absolute atomic E-state index is 12.6. The fourth-order valence-electron chi connectivity index (χ4n) is 2.93. The molecule has 3 nitrogen and oxygen atoms in total. The van der Waals surface area contributed by atoms with Gasteiger partial charge >= 0.3 is 0 Å². The van der Waals surface area contributed by atoms with Gasteiger partial charge in [-0.2, -0.15) is 0 Å². The topological polar surface area (TPSA) is 46.2 Å². The fourth-order valence-corrected chi connectivity index (χ4v) is 5.56. The van der Waals surface area contributed by atoms with E-state index in [2.05, 4.69) is 26.1 Å². The molecule has 0 radical (unpaired) electrons. The van der Waals surface area contributed by atoms with Crippen LogP contribution in [0.4, 0.5) is 0 Å². The molecule has 1 fully saturated rings. The van der Waals surface area contributed by atoms with Gasteiger partial charge in [0.2, 0.25) is 0 Å². The lowest BCUT2D eigenvalue weighted by molar-refractivity contribution is 0.307. The zero-order chi connectivity index (χ0) is 14.5. The molecule has 0 aromatic heterocycles. The summed E-state index contributed by atoms with van der Waals surface area (Å²) < 4.78 is 25.3. The summed E-state index contributed by atoms with van der Waals surface area (Å²) in [6.07, 6.45) is 4.99. The molecule has 0 aromatic carbocycles. The van der Waals surface area contributed by atoms with Gasteiger partial charge in [0.25, 0.3) is 0 Å². The highest BCUT2D eigenvalue weighted by Crippen LogP contribution is 2.30. The van der Waals surface area contributed by atoms with E-state index >= 15 is 0 Å². The van der Waals surface area contributed by atoms with Gasteiger partial charge in [-0.05, 0) is 44.1 Å². The molecular formula is C15H31NO2S. The van der Waals surface area contributed by atoms with Crippen LogP contribution in [0.1, 0.15) is 59.8 Å². The van der Waals surface area contributed by atoms with Crippen molar-refractivity contribution in [2.24, 2.45) is 11.8 Å². The molecule has 0 bridgehead atoms. The van der Waals surface area contributed by atoms with Gasteiger partial charge in [0.05, 0.1) is 11.0 Å². The second-order valence-corrected chi connectivity index (χ2v) is 8.62. The van der Waals surface area contributed by atoms with E-state index in [4.69, 9.17) is 0 Å². The molecule has 1 N–H and O–H groups in total. The first-order valence-electron chi connectivity index (χ1n) is 7.85. The van der Waals surface area contributed by atoms with Gasteiger partial charge in [-0.25, -0.2) is 8.42 Å². The third-order valence-corrected chi connectivity index (χ3v) is 6.86. The number of hydrogen-bond donors (Lipinski definition) is 1. The lowest BCUT2D eigenvalue weighted by Gasteiger charge is -2.35. The molecule has 0 heterocycles. The number of sulfone groups is 1. The van der Waals surface area contributed by atoms with Crippen LogP contribution in [0, 0.1) is 11.8 Å². The maximum atomic E-state index is 12.6. The maximum Gasteiger partial charge on any atom is 0.154 e. The van der Waals surface area contributed by atoms with E-state index in [1.807, 2.05) is 6.92 Å². The molecule has 0 spiro atoms. The summed E-state index contributed by atoms with van der Waals surface area (Å²) in [5.41, 5.74) is 0. The molecule has 4 heteroatoms. The Morgan fingerprint density at radius 1 is 1.26 bits per heavy atom. The van der Waals surface area contributed by atoms with E-state index in [-0.39, 0.29) is 17.2 Å². The third kappa shape index (κ3) is 5.07. The van der Waals surface area contributed by atoms with E-state index in [1.54, 1.807) is 0 Å². The summed E-state index contributed by atoms with van der Waals surface area (Å²) >= 11 is 0. The number of rotatable bonds is 7. The lowest BCUT2D eigenvalue weighted by Crippen LogP contribution is -2.49. The van der Waals surface area contributed by atoms with Gasteiger partial charge in [0, 0.05) is 6.04 Å². The Labute approximate surface area is 119 Å². The van der Waals surface area contributed by atoms with Crippen LogP contribution in [0.2, 0.25) is 0 Å². The molecule has 19 heavy (non-hydrogen) atoms. The molecule has 4 unspecified atom stereocenters. The van der Waals surface area contributed by atoms with Crippen molar-refractivity contribution in [1.82, 2.24) is 5.32 Å². The Hall–Kier alpha value is -0.0900. The Bertz CT molecular complexity index is 351. The van der Waals surface area contributed by atoms with Crippen molar-refractivity contribution in [2.45, 2.75) is 71.1 Å². The largest absolute Gasteiger partial charge is 0.313 e. The molecule has 1 aliphatic carbocycles. The molecular weight excluding hydrogens is 258 g/mol. The monoisotopic (exact) mass is 289 g/mol. The first-order valence-corrected chi connectivity index (χ1v) is 9.57. The summed E-state index contributed by atoms with van der Waals surface area (Å²) in [5, 5.41) is 3.29. The molecule has 1 saturated carbocycles. The van der Waals surface area contributed by atoms with E-state index in [9.17, 15) is 8.42 Å². The van der Waals surface area contributed by atoms with Gasteiger partial charge in [0.15, 0.2) is 9.84 Å². The second kappa shape index (κ2) is 7.63.